The van der Waals surface area contributed by atoms with E-state index >= 15 is 0 Å². The molecule has 1 atom stereocenters. The van der Waals surface area contributed by atoms with E-state index in [-0.39, 0.29) is 10.8 Å². The van der Waals surface area contributed by atoms with Crippen LogP contribution in [0.15, 0.2) is 40.4 Å². The molecule has 11 heteroatoms. The molecule has 0 saturated heterocycles. The largest absolute Gasteiger partial charge is 0.433 e. The lowest BCUT2D eigenvalue weighted by molar-refractivity contribution is -0.141. The number of rotatable bonds is 4. The van der Waals surface area contributed by atoms with E-state index in [4.69, 9.17) is 0 Å². The molecule has 26 heavy (non-hydrogen) atoms. The van der Waals surface area contributed by atoms with Gasteiger partial charge in [0.2, 0.25) is 5.91 Å². The van der Waals surface area contributed by atoms with Crippen molar-refractivity contribution in [2.75, 3.05) is 5.32 Å². The molecule has 1 amide bonds. The number of alkyl halides is 3. The van der Waals surface area contributed by atoms with E-state index in [0.29, 0.717) is 16.7 Å². The van der Waals surface area contributed by atoms with Gasteiger partial charge in [0, 0.05) is 11.9 Å². The number of halogens is 3. The van der Waals surface area contributed by atoms with Gasteiger partial charge in [-0.15, -0.1) is 0 Å². The summed E-state index contributed by atoms with van der Waals surface area (Å²) in [6.45, 7) is 1.53. The fraction of sp³-hybridized carbons (Fsp3) is 0.200. The lowest BCUT2D eigenvalue weighted by atomic mass is 10.2. The van der Waals surface area contributed by atoms with Crippen LogP contribution >= 0.6 is 11.8 Å². The molecule has 2 aromatic heterocycles. The molecule has 1 aromatic carbocycles. The highest BCUT2D eigenvalue weighted by atomic mass is 32.2. The Morgan fingerprint density at radius 1 is 1.23 bits per heavy atom. The van der Waals surface area contributed by atoms with Crippen molar-refractivity contribution in [1.29, 1.82) is 0 Å². The third-order valence-corrected chi connectivity index (χ3v) is 4.33. The number of imidazole rings is 1. The summed E-state index contributed by atoms with van der Waals surface area (Å²) in [6.07, 6.45) is -3.58. The van der Waals surface area contributed by atoms with Crippen molar-refractivity contribution >= 4 is 34.4 Å². The second-order valence-corrected chi connectivity index (χ2v) is 6.62. The number of carbonyl (C=O) groups excluding carboxylic acids is 1. The lowest BCUT2D eigenvalue weighted by Crippen LogP contribution is -2.22. The summed E-state index contributed by atoms with van der Waals surface area (Å²) in [5.74, 6) is -0.437. The molecular weight excluding hydrogens is 371 g/mol. The highest BCUT2D eigenvalue weighted by Gasteiger charge is 2.33. The molecule has 0 aliphatic rings. The Kier molecular flexibility index (Phi) is 4.72. The predicted molar refractivity (Wildman–Crippen MR) is 89.9 cm³/mol. The molecule has 0 spiro atoms. The standard InChI is InChI=1S/C15H12F3N5O2S/c1-7(26-14-19-5-4-11(23-14)15(16,17)18)12(24)20-8-2-3-9-10(6-8)22-13(25)21-9/h2-7H,1H3,(H,20,24)(H2,21,22,25). The van der Waals surface area contributed by atoms with Gasteiger partial charge in [-0.3, -0.25) is 4.79 Å². The summed E-state index contributed by atoms with van der Waals surface area (Å²) in [5.41, 5.74) is 0.121. The van der Waals surface area contributed by atoms with Crippen LogP contribution < -0.4 is 11.0 Å². The van der Waals surface area contributed by atoms with Gasteiger partial charge in [-0.1, -0.05) is 11.8 Å². The Labute approximate surface area is 148 Å². The highest BCUT2D eigenvalue weighted by Crippen LogP contribution is 2.29. The molecule has 136 valence electrons. The maximum absolute atomic E-state index is 12.7. The third kappa shape index (κ3) is 4.04. The van der Waals surface area contributed by atoms with Crippen LogP contribution in [0, 0.1) is 0 Å². The number of carbonyl (C=O) groups is 1. The monoisotopic (exact) mass is 383 g/mol. The van der Waals surface area contributed by atoms with Crippen LogP contribution in [0.4, 0.5) is 18.9 Å². The van der Waals surface area contributed by atoms with Crippen LogP contribution in [-0.2, 0) is 11.0 Å². The van der Waals surface area contributed by atoms with Gasteiger partial charge in [0.1, 0.15) is 5.69 Å². The van der Waals surface area contributed by atoms with Crippen LogP contribution in [0.3, 0.4) is 0 Å². The molecule has 0 fully saturated rings. The minimum atomic E-state index is -4.58. The van der Waals surface area contributed by atoms with E-state index in [1.807, 2.05) is 0 Å². The molecule has 2 heterocycles. The Morgan fingerprint density at radius 2 is 1.96 bits per heavy atom. The maximum Gasteiger partial charge on any atom is 0.433 e. The van der Waals surface area contributed by atoms with Crippen LogP contribution in [0.1, 0.15) is 12.6 Å². The van der Waals surface area contributed by atoms with Gasteiger partial charge >= 0.3 is 11.9 Å². The summed E-state index contributed by atoms with van der Waals surface area (Å²) in [5, 5.41) is 1.75. The first-order chi connectivity index (χ1) is 12.2. The van der Waals surface area contributed by atoms with Gasteiger partial charge in [0.05, 0.1) is 16.3 Å². The fourth-order valence-electron chi connectivity index (χ4n) is 2.12. The lowest BCUT2D eigenvalue weighted by Gasteiger charge is -2.12. The Hall–Kier alpha value is -2.82. The minimum Gasteiger partial charge on any atom is -0.325 e. The number of aromatic amines is 2. The quantitative estimate of drug-likeness (QED) is 0.475. The van der Waals surface area contributed by atoms with Crippen LogP contribution in [-0.4, -0.2) is 31.1 Å². The van der Waals surface area contributed by atoms with E-state index < -0.39 is 23.0 Å². The average Bonchev–Trinajstić information content (AvgIpc) is 2.93. The average molecular weight is 383 g/mol. The Morgan fingerprint density at radius 3 is 2.69 bits per heavy atom. The summed E-state index contributed by atoms with van der Waals surface area (Å²) in [6, 6.07) is 5.56. The number of fused-ring (bicyclic) bond motifs is 1. The fourth-order valence-corrected chi connectivity index (χ4v) is 2.88. The molecule has 0 radical (unpaired) electrons. The van der Waals surface area contributed by atoms with E-state index in [1.165, 1.54) is 6.92 Å². The molecule has 0 aliphatic heterocycles. The zero-order chi connectivity index (χ0) is 18.9. The number of aromatic nitrogens is 4. The maximum atomic E-state index is 12.7. The number of nitrogens with one attached hydrogen (secondary N) is 3. The molecule has 3 aromatic rings. The van der Waals surface area contributed by atoms with E-state index in [1.54, 1.807) is 18.2 Å². The molecule has 1 unspecified atom stereocenters. The first-order valence-electron chi connectivity index (χ1n) is 7.32. The zero-order valence-electron chi connectivity index (χ0n) is 13.2. The van der Waals surface area contributed by atoms with Crippen molar-refractivity contribution in [3.8, 4) is 0 Å². The zero-order valence-corrected chi connectivity index (χ0v) is 14.0. The normalized spacial score (nSPS) is 12.9. The van der Waals surface area contributed by atoms with Gasteiger partial charge in [0.25, 0.3) is 0 Å². The van der Waals surface area contributed by atoms with Crippen molar-refractivity contribution in [3.05, 3.63) is 46.6 Å². The van der Waals surface area contributed by atoms with E-state index in [0.717, 1.165) is 24.0 Å². The summed E-state index contributed by atoms with van der Waals surface area (Å²) in [4.78, 5) is 35.8. The van der Waals surface area contributed by atoms with Crippen molar-refractivity contribution < 1.29 is 18.0 Å². The molecule has 0 bridgehead atoms. The molecule has 7 nitrogen and oxygen atoms in total. The number of H-pyrrole nitrogens is 2. The van der Waals surface area contributed by atoms with Gasteiger partial charge in [0.15, 0.2) is 5.16 Å². The Balaban J connectivity index is 1.70. The van der Waals surface area contributed by atoms with Crippen molar-refractivity contribution in [2.24, 2.45) is 0 Å². The first-order valence-corrected chi connectivity index (χ1v) is 8.20. The first kappa shape index (κ1) is 18.0. The van der Waals surface area contributed by atoms with E-state index in [9.17, 15) is 22.8 Å². The number of hydrogen-bond donors (Lipinski definition) is 3. The number of thioether (sulfide) groups is 1. The number of hydrogen-bond acceptors (Lipinski definition) is 5. The van der Waals surface area contributed by atoms with Crippen molar-refractivity contribution in [2.45, 2.75) is 23.5 Å². The summed E-state index contributed by atoms with van der Waals surface area (Å²) < 4.78 is 38.0. The second kappa shape index (κ2) is 6.83. The summed E-state index contributed by atoms with van der Waals surface area (Å²) >= 11 is 0.811. The number of nitrogens with zero attached hydrogens (tertiary/aromatic N) is 2. The van der Waals surface area contributed by atoms with Gasteiger partial charge < -0.3 is 15.3 Å². The van der Waals surface area contributed by atoms with E-state index in [2.05, 4.69) is 25.3 Å². The molecule has 0 aliphatic carbocycles. The van der Waals surface area contributed by atoms with Crippen LogP contribution in [0.25, 0.3) is 11.0 Å². The molecule has 3 N–H and O–H groups in total. The van der Waals surface area contributed by atoms with Gasteiger partial charge in [-0.05, 0) is 31.2 Å². The number of benzene rings is 1. The predicted octanol–water partition coefficient (Wildman–Crippen LogP) is 2.78. The van der Waals surface area contributed by atoms with Gasteiger partial charge in [-0.25, -0.2) is 14.8 Å². The molecule has 3 rings (SSSR count). The smallest absolute Gasteiger partial charge is 0.325 e. The molecular formula is C15H12F3N5O2S. The number of amides is 1. The molecule has 0 saturated carbocycles. The second-order valence-electron chi connectivity index (χ2n) is 5.31. The Bertz CT molecular complexity index is 1010. The topological polar surface area (TPSA) is 104 Å². The van der Waals surface area contributed by atoms with Crippen LogP contribution in [0.5, 0.6) is 0 Å². The summed E-state index contributed by atoms with van der Waals surface area (Å²) in [7, 11) is 0. The minimum absolute atomic E-state index is 0.145. The highest BCUT2D eigenvalue weighted by molar-refractivity contribution is 8.00. The van der Waals surface area contributed by atoms with Crippen molar-refractivity contribution in [1.82, 2.24) is 19.9 Å². The third-order valence-electron chi connectivity index (χ3n) is 3.36. The van der Waals surface area contributed by atoms with Crippen LogP contribution in [0.2, 0.25) is 0 Å². The SMILES string of the molecule is CC(Sc1nccc(C(F)(F)F)n1)C(=O)Nc1ccc2[nH]c(=O)[nH]c2c1. The van der Waals surface area contributed by atoms with Crippen molar-refractivity contribution in [3.63, 3.8) is 0 Å². The van der Waals surface area contributed by atoms with Gasteiger partial charge in [-0.2, -0.15) is 13.2 Å². The number of anilines is 1.